The summed E-state index contributed by atoms with van der Waals surface area (Å²) in [5.74, 6) is 0.334. The molecule has 0 bridgehead atoms. The van der Waals surface area contributed by atoms with Crippen LogP contribution in [0.4, 0.5) is 0 Å². The minimum Gasteiger partial charge on any atom is -0.423 e. The van der Waals surface area contributed by atoms with E-state index in [1.807, 2.05) is 32.9 Å². The van der Waals surface area contributed by atoms with Crippen LogP contribution in [0.25, 0.3) is 0 Å². The second-order valence-corrected chi connectivity index (χ2v) is 10.1. The molecular formula is C23H29NO5S. The summed E-state index contributed by atoms with van der Waals surface area (Å²) < 4.78 is 38.4. The molecule has 2 atom stereocenters. The van der Waals surface area contributed by atoms with Crippen LogP contribution in [0.15, 0.2) is 47.4 Å². The van der Waals surface area contributed by atoms with E-state index >= 15 is 0 Å². The van der Waals surface area contributed by atoms with Gasteiger partial charge in [0.05, 0.1) is 22.7 Å². The van der Waals surface area contributed by atoms with Crippen LogP contribution in [-0.4, -0.2) is 44.0 Å². The highest BCUT2D eigenvalue weighted by Gasteiger charge is 2.32. The van der Waals surface area contributed by atoms with Crippen molar-refractivity contribution in [2.45, 2.75) is 57.6 Å². The van der Waals surface area contributed by atoms with E-state index in [4.69, 9.17) is 9.47 Å². The van der Waals surface area contributed by atoms with Gasteiger partial charge in [-0.2, -0.15) is 4.31 Å². The Bertz CT molecular complexity index is 1000. The molecule has 0 saturated carbocycles. The summed E-state index contributed by atoms with van der Waals surface area (Å²) in [5.41, 5.74) is 2.56. The third-order valence-electron chi connectivity index (χ3n) is 5.19. The standard InChI is InChI=1S/C23H29NO5S/c1-15(2)22-11-8-20(12-16(22)3)29-23(25)19-6-9-21(10-7-19)30(26,27)24-13-17(4)28-18(5)14-24/h6-12,15,17-18H,13-14H2,1-5H3/t17-,18-/m0/s1. The zero-order valence-electron chi connectivity index (χ0n) is 18.1. The third-order valence-corrected chi connectivity index (χ3v) is 7.03. The van der Waals surface area contributed by atoms with Crippen molar-refractivity contribution >= 4 is 16.0 Å². The number of nitrogens with zero attached hydrogens (tertiary/aromatic N) is 1. The molecule has 0 aromatic heterocycles. The molecule has 3 rings (SSSR count). The van der Waals surface area contributed by atoms with Crippen molar-refractivity contribution in [3.05, 3.63) is 59.2 Å². The summed E-state index contributed by atoms with van der Waals surface area (Å²) in [7, 11) is -3.65. The molecule has 1 saturated heterocycles. The highest BCUT2D eigenvalue weighted by atomic mass is 32.2. The maximum atomic E-state index is 12.9. The van der Waals surface area contributed by atoms with Crippen molar-refractivity contribution in [1.82, 2.24) is 4.31 Å². The van der Waals surface area contributed by atoms with Crippen LogP contribution in [0.5, 0.6) is 5.75 Å². The van der Waals surface area contributed by atoms with Gasteiger partial charge in [-0.15, -0.1) is 0 Å². The molecule has 0 radical (unpaired) electrons. The Morgan fingerprint density at radius 3 is 2.20 bits per heavy atom. The van der Waals surface area contributed by atoms with E-state index in [0.717, 1.165) is 5.56 Å². The summed E-state index contributed by atoms with van der Waals surface area (Å²) in [6.07, 6.45) is -0.327. The van der Waals surface area contributed by atoms with Crippen LogP contribution >= 0.6 is 0 Å². The van der Waals surface area contributed by atoms with Crippen LogP contribution in [0.2, 0.25) is 0 Å². The minimum atomic E-state index is -3.65. The smallest absolute Gasteiger partial charge is 0.343 e. The summed E-state index contributed by atoms with van der Waals surface area (Å²) in [4.78, 5) is 12.6. The normalized spacial score (nSPS) is 20.3. The topological polar surface area (TPSA) is 72.9 Å². The predicted molar refractivity (Wildman–Crippen MR) is 115 cm³/mol. The summed E-state index contributed by atoms with van der Waals surface area (Å²) in [5, 5.41) is 0. The molecule has 7 heteroatoms. The predicted octanol–water partition coefficient (Wildman–Crippen LogP) is 4.14. The maximum absolute atomic E-state index is 12.9. The van der Waals surface area contributed by atoms with Gasteiger partial charge in [0, 0.05) is 13.1 Å². The average Bonchev–Trinajstić information content (AvgIpc) is 2.67. The fourth-order valence-corrected chi connectivity index (χ4v) is 5.35. The number of morpholine rings is 1. The van der Waals surface area contributed by atoms with E-state index in [9.17, 15) is 13.2 Å². The highest BCUT2D eigenvalue weighted by Crippen LogP contribution is 2.25. The summed E-state index contributed by atoms with van der Waals surface area (Å²) in [6, 6.07) is 11.4. The first-order chi connectivity index (χ1) is 14.1. The van der Waals surface area contributed by atoms with Gasteiger partial charge in [0.2, 0.25) is 10.0 Å². The second-order valence-electron chi connectivity index (χ2n) is 8.17. The lowest BCUT2D eigenvalue weighted by Gasteiger charge is -2.34. The molecular weight excluding hydrogens is 402 g/mol. The molecule has 162 valence electrons. The number of carbonyl (C=O) groups is 1. The van der Waals surface area contributed by atoms with Crippen molar-refractivity contribution < 1.29 is 22.7 Å². The molecule has 30 heavy (non-hydrogen) atoms. The van der Waals surface area contributed by atoms with Gasteiger partial charge in [-0.05, 0) is 74.2 Å². The molecule has 0 aliphatic carbocycles. The van der Waals surface area contributed by atoms with E-state index in [1.165, 1.54) is 34.1 Å². The monoisotopic (exact) mass is 431 g/mol. The van der Waals surface area contributed by atoms with Crippen LogP contribution in [0, 0.1) is 6.92 Å². The minimum absolute atomic E-state index is 0.150. The van der Waals surface area contributed by atoms with Gasteiger partial charge >= 0.3 is 5.97 Å². The number of ether oxygens (including phenoxy) is 2. The van der Waals surface area contributed by atoms with Crippen LogP contribution in [0.1, 0.15) is 55.1 Å². The zero-order chi connectivity index (χ0) is 22.1. The van der Waals surface area contributed by atoms with Gasteiger partial charge < -0.3 is 9.47 Å². The number of hydrogen-bond acceptors (Lipinski definition) is 5. The van der Waals surface area contributed by atoms with Crippen LogP contribution < -0.4 is 4.74 Å². The molecule has 2 aromatic carbocycles. The number of benzene rings is 2. The number of aryl methyl sites for hydroxylation is 1. The average molecular weight is 432 g/mol. The Morgan fingerprint density at radius 1 is 1.07 bits per heavy atom. The van der Waals surface area contributed by atoms with E-state index in [1.54, 1.807) is 6.07 Å². The first kappa shape index (κ1) is 22.5. The quantitative estimate of drug-likeness (QED) is 0.526. The first-order valence-electron chi connectivity index (χ1n) is 10.2. The Morgan fingerprint density at radius 2 is 1.67 bits per heavy atom. The molecule has 0 amide bonds. The van der Waals surface area contributed by atoms with E-state index in [0.29, 0.717) is 30.3 Å². The van der Waals surface area contributed by atoms with Gasteiger partial charge in [0.15, 0.2) is 0 Å². The highest BCUT2D eigenvalue weighted by molar-refractivity contribution is 7.89. The fraction of sp³-hybridized carbons (Fsp3) is 0.435. The van der Waals surface area contributed by atoms with E-state index < -0.39 is 16.0 Å². The fourth-order valence-electron chi connectivity index (χ4n) is 3.76. The van der Waals surface area contributed by atoms with Gasteiger partial charge in [-0.25, -0.2) is 13.2 Å². The number of rotatable bonds is 5. The van der Waals surface area contributed by atoms with Crippen molar-refractivity contribution in [3.8, 4) is 5.75 Å². The lowest BCUT2D eigenvalue weighted by Crippen LogP contribution is -2.48. The lowest BCUT2D eigenvalue weighted by molar-refractivity contribution is -0.0440. The van der Waals surface area contributed by atoms with Crippen molar-refractivity contribution in [2.75, 3.05) is 13.1 Å². The molecule has 1 fully saturated rings. The lowest BCUT2D eigenvalue weighted by atomic mass is 9.98. The molecule has 0 unspecified atom stereocenters. The number of hydrogen-bond donors (Lipinski definition) is 0. The number of carbonyl (C=O) groups excluding carboxylic acids is 1. The largest absolute Gasteiger partial charge is 0.423 e. The molecule has 1 heterocycles. The maximum Gasteiger partial charge on any atom is 0.343 e. The molecule has 0 N–H and O–H groups in total. The second kappa shape index (κ2) is 8.88. The zero-order valence-corrected chi connectivity index (χ0v) is 18.9. The molecule has 6 nitrogen and oxygen atoms in total. The van der Waals surface area contributed by atoms with Gasteiger partial charge in [0.1, 0.15) is 5.75 Å². The van der Waals surface area contributed by atoms with E-state index in [-0.39, 0.29) is 17.1 Å². The van der Waals surface area contributed by atoms with E-state index in [2.05, 4.69) is 13.8 Å². The Balaban J connectivity index is 1.73. The van der Waals surface area contributed by atoms with Crippen LogP contribution in [0.3, 0.4) is 0 Å². The van der Waals surface area contributed by atoms with Crippen LogP contribution in [-0.2, 0) is 14.8 Å². The molecule has 2 aromatic rings. The SMILES string of the molecule is Cc1cc(OC(=O)c2ccc(S(=O)(=O)N3C[C@H](C)O[C@@H](C)C3)cc2)ccc1C(C)C. The molecule has 0 spiro atoms. The summed E-state index contributed by atoms with van der Waals surface area (Å²) in [6.45, 7) is 10.5. The van der Waals surface area contributed by atoms with Gasteiger partial charge in [-0.3, -0.25) is 0 Å². The first-order valence-corrected chi connectivity index (χ1v) is 11.6. The summed E-state index contributed by atoms with van der Waals surface area (Å²) >= 11 is 0. The Labute approximate surface area is 178 Å². The molecule has 1 aliphatic heterocycles. The Kier molecular flexibility index (Phi) is 6.65. The Hall–Kier alpha value is -2.22. The van der Waals surface area contributed by atoms with Crippen molar-refractivity contribution in [2.24, 2.45) is 0 Å². The van der Waals surface area contributed by atoms with Gasteiger partial charge in [-0.1, -0.05) is 19.9 Å². The van der Waals surface area contributed by atoms with Crippen molar-refractivity contribution in [1.29, 1.82) is 0 Å². The third kappa shape index (κ3) is 4.91. The van der Waals surface area contributed by atoms with Crippen molar-refractivity contribution in [3.63, 3.8) is 0 Å². The number of sulfonamides is 1. The van der Waals surface area contributed by atoms with Gasteiger partial charge in [0.25, 0.3) is 0 Å². The number of esters is 1. The molecule has 1 aliphatic rings.